The second-order valence-electron chi connectivity index (χ2n) is 6.05. The van der Waals surface area contributed by atoms with Crippen molar-refractivity contribution in [3.05, 3.63) is 29.3 Å². The van der Waals surface area contributed by atoms with Crippen molar-refractivity contribution in [1.29, 1.82) is 0 Å². The van der Waals surface area contributed by atoms with Gasteiger partial charge in [-0.25, -0.2) is 0 Å². The first kappa shape index (κ1) is 15.3. The van der Waals surface area contributed by atoms with Crippen molar-refractivity contribution in [2.45, 2.75) is 25.3 Å². The van der Waals surface area contributed by atoms with Crippen molar-refractivity contribution in [3.8, 4) is 0 Å². The van der Waals surface area contributed by atoms with Gasteiger partial charge in [0, 0.05) is 25.6 Å². The van der Waals surface area contributed by atoms with Crippen LogP contribution in [-0.4, -0.2) is 30.9 Å². The molecule has 1 heterocycles. The van der Waals surface area contributed by atoms with Crippen LogP contribution in [0.2, 0.25) is 5.02 Å². The number of hydrogen-bond acceptors (Lipinski definition) is 3. The van der Waals surface area contributed by atoms with Gasteiger partial charge in [-0.3, -0.25) is 9.59 Å². The molecule has 6 heteroatoms. The zero-order valence-corrected chi connectivity index (χ0v) is 13.1. The summed E-state index contributed by atoms with van der Waals surface area (Å²) in [6.45, 7) is 0.821. The summed E-state index contributed by atoms with van der Waals surface area (Å²) in [5.74, 6) is 0.0246. The zero-order valence-electron chi connectivity index (χ0n) is 12.3. The molecule has 2 atom stereocenters. The maximum atomic E-state index is 12.4. The van der Waals surface area contributed by atoms with Crippen LogP contribution >= 0.6 is 11.6 Å². The van der Waals surface area contributed by atoms with Crippen LogP contribution in [0, 0.1) is 11.8 Å². The van der Waals surface area contributed by atoms with Gasteiger partial charge >= 0.3 is 0 Å². The van der Waals surface area contributed by atoms with E-state index in [0.717, 1.165) is 12.8 Å². The number of carbonyl (C=O) groups is 2. The summed E-state index contributed by atoms with van der Waals surface area (Å²) in [5, 5.41) is 3.52. The van der Waals surface area contributed by atoms with Gasteiger partial charge in [-0.2, -0.15) is 0 Å². The molecule has 1 aromatic carbocycles. The maximum Gasteiger partial charge on any atom is 0.227 e. The van der Waals surface area contributed by atoms with Crippen LogP contribution in [-0.2, 0) is 9.59 Å². The number of amides is 2. The monoisotopic (exact) mass is 321 g/mol. The van der Waals surface area contributed by atoms with Crippen LogP contribution in [0.3, 0.4) is 0 Å². The van der Waals surface area contributed by atoms with Crippen LogP contribution < -0.4 is 16.0 Å². The number of anilines is 1. The van der Waals surface area contributed by atoms with Crippen molar-refractivity contribution in [2.75, 3.05) is 18.0 Å². The number of nitrogens with two attached hydrogens (primary N) is 1. The standard InChI is InChI=1S/C16H20ClN3O2/c17-12-3-1-2-4-14(12)20-9-11(7-15(20)21)16(22)19-13(8-18)10-5-6-10/h1-4,10-11,13H,5-9,18H2,(H,19,22). The van der Waals surface area contributed by atoms with Crippen LogP contribution in [0.25, 0.3) is 0 Å². The third kappa shape index (κ3) is 3.10. The molecule has 22 heavy (non-hydrogen) atoms. The highest BCUT2D eigenvalue weighted by Crippen LogP contribution is 2.33. The first-order valence-electron chi connectivity index (χ1n) is 7.65. The molecule has 3 rings (SSSR count). The minimum Gasteiger partial charge on any atom is -0.352 e. The number of hydrogen-bond donors (Lipinski definition) is 2. The van der Waals surface area contributed by atoms with Crippen LogP contribution in [0.1, 0.15) is 19.3 Å². The lowest BCUT2D eigenvalue weighted by atomic mass is 10.1. The van der Waals surface area contributed by atoms with E-state index >= 15 is 0 Å². The van der Waals surface area contributed by atoms with Gasteiger partial charge in [0.25, 0.3) is 0 Å². The molecule has 2 fully saturated rings. The summed E-state index contributed by atoms with van der Waals surface area (Å²) in [4.78, 5) is 26.2. The lowest BCUT2D eigenvalue weighted by molar-refractivity contribution is -0.127. The Bertz CT molecular complexity index is 589. The molecule has 1 aromatic rings. The second-order valence-corrected chi connectivity index (χ2v) is 6.45. The average molecular weight is 322 g/mol. The Hall–Kier alpha value is -1.59. The van der Waals surface area contributed by atoms with E-state index in [1.54, 1.807) is 17.0 Å². The molecule has 2 aliphatic rings. The minimum absolute atomic E-state index is 0.0389. The number of halogens is 1. The molecule has 1 aliphatic heterocycles. The molecule has 0 spiro atoms. The van der Waals surface area contributed by atoms with Gasteiger partial charge < -0.3 is 16.0 Å². The smallest absolute Gasteiger partial charge is 0.227 e. The van der Waals surface area contributed by atoms with Crippen molar-refractivity contribution in [1.82, 2.24) is 5.32 Å². The Morgan fingerprint density at radius 2 is 2.14 bits per heavy atom. The lowest BCUT2D eigenvalue weighted by Gasteiger charge is -2.20. The van der Waals surface area contributed by atoms with Crippen molar-refractivity contribution < 1.29 is 9.59 Å². The van der Waals surface area contributed by atoms with Gasteiger partial charge in [-0.15, -0.1) is 0 Å². The average Bonchev–Trinajstić information content (AvgIpc) is 3.28. The van der Waals surface area contributed by atoms with E-state index in [0.29, 0.717) is 29.7 Å². The second kappa shape index (κ2) is 6.26. The van der Waals surface area contributed by atoms with Crippen LogP contribution in [0.5, 0.6) is 0 Å². The normalized spacial score (nSPS) is 22.7. The predicted molar refractivity (Wildman–Crippen MR) is 85.6 cm³/mol. The van der Waals surface area contributed by atoms with Crippen molar-refractivity contribution in [3.63, 3.8) is 0 Å². The Labute approximate surface area is 134 Å². The first-order valence-corrected chi connectivity index (χ1v) is 8.03. The number of benzene rings is 1. The van der Waals surface area contributed by atoms with Gasteiger partial charge in [-0.05, 0) is 30.9 Å². The summed E-state index contributed by atoms with van der Waals surface area (Å²) in [5.41, 5.74) is 6.39. The molecular weight excluding hydrogens is 302 g/mol. The number of para-hydroxylation sites is 1. The SMILES string of the molecule is NCC(NC(=O)C1CC(=O)N(c2ccccc2Cl)C1)C1CC1. The van der Waals surface area contributed by atoms with Gasteiger partial charge in [0.05, 0.1) is 16.6 Å². The van der Waals surface area contributed by atoms with Gasteiger partial charge in [-0.1, -0.05) is 23.7 Å². The fraction of sp³-hybridized carbons (Fsp3) is 0.500. The lowest BCUT2D eigenvalue weighted by Crippen LogP contribution is -2.45. The van der Waals surface area contributed by atoms with E-state index in [2.05, 4.69) is 5.32 Å². The molecule has 2 amide bonds. The quantitative estimate of drug-likeness (QED) is 0.864. The fourth-order valence-corrected chi connectivity index (χ4v) is 3.19. The fourth-order valence-electron chi connectivity index (χ4n) is 2.96. The van der Waals surface area contributed by atoms with E-state index in [-0.39, 0.29) is 30.2 Å². The van der Waals surface area contributed by atoms with Gasteiger partial charge in [0.2, 0.25) is 11.8 Å². The summed E-state index contributed by atoms with van der Waals surface area (Å²) in [6, 6.07) is 7.23. The zero-order chi connectivity index (χ0) is 15.7. The minimum atomic E-state index is -0.337. The van der Waals surface area contributed by atoms with E-state index in [9.17, 15) is 9.59 Å². The summed E-state index contributed by atoms with van der Waals surface area (Å²) in [6.07, 6.45) is 2.47. The van der Waals surface area contributed by atoms with Crippen LogP contribution in [0.15, 0.2) is 24.3 Å². The molecule has 5 nitrogen and oxygen atoms in total. The van der Waals surface area contributed by atoms with E-state index in [1.165, 1.54) is 0 Å². The predicted octanol–water partition coefficient (Wildman–Crippen LogP) is 1.55. The van der Waals surface area contributed by atoms with Gasteiger partial charge in [0.1, 0.15) is 0 Å². The Morgan fingerprint density at radius 1 is 1.41 bits per heavy atom. The summed E-state index contributed by atoms with van der Waals surface area (Å²) < 4.78 is 0. The molecule has 0 bridgehead atoms. The molecule has 1 aliphatic carbocycles. The first-order chi connectivity index (χ1) is 10.6. The summed E-state index contributed by atoms with van der Waals surface area (Å²) in [7, 11) is 0. The highest BCUT2D eigenvalue weighted by Gasteiger charge is 2.38. The highest BCUT2D eigenvalue weighted by molar-refractivity contribution is 6.33. The summed E-state index contributed by atoms with van der Waals surface area (Å²) >= 11 is 6.14. The molecule has 2 unspecified atom stereocenters. The highest BCUT2D eigenvalue weighted by atomic mass is 35.5. The third-order valence-corrected chi connectivity index (χ3v) is 4.73. The Kier molecular flexibility index (Phi) is 4.36. The Balaban J connectivity index is 1.66. The largest absolute Gasteiger partial charge is 0.352 e. The number of nitrogens with zero attached hydrogens (tertiary/aromatic N) is 1. The van der Waals surface area contributed by atoms with Gasteiger partial charge in [0.15, 0.2) is 0 Å². The molecule has 118 valence electrons. The maximum absolute atomic E-state index is 12.4. The number of nitrogens with one attached hydrogen (secondary N) is 1. The van der Waals surface area contributed by atoms with E-state index in [1.807, 2.05) is 12.1 Å². The molecular formula is C16H20ClN3O2. The molecule has 1 saturated heterocycles. The molecule has 0 aromatic heterocycles. The molecule has 0 radical (unpaired) electrons. The molecule has 3 N–H and O–H groups in total. The van der Waals surface area contributed by atoms with Crippen LogP contribution in [0.4, 0.5) is 5.69 Å². The van der Waals surface area contributed by atoms with Crippen molar-refractivity contribution >= 4 is 29.1 Å². The van der Waals surface area contributed by atoms with Crippen molar-refractivity contribution in [2.24, 2.45) is 17.6 Å². The molecule has 1 saturated carbocycles. The third-order valence-electron chi connectivity index (χ3n) is 4.41. The number of carbonyl (C=O) groups excluding carboxylic acids is 2. The topological polar surface area (TPSA) is 75.4 Å². The number of rotatable bonds is 5. The van der Waals surface area contributed by atoms with E-state index in [4.69, 9.17) is 17.3 Å². The Morgan fingerprint density at radius 3 is 2.77 bits per heavy atom. The van der Waals surface area contributed by atoms with E-state index < -0.39 is 0 Å².